The Labute approximate surface area is 93.0 Å². The molecule has 1 nitrogen and oxygen atoms in total. The van der Waals surface area contributed by atoms with E-state index >= 15 is 0 Å². The molecule has 0 aliphatic carbocycles. The summed E-state index contributed by atoms with van der Waals surface area (Å²) in [5.74, 6) is 0. The van der Waals surface area contributed by atoms with Crippen LogP contribution >= 0.6 is 11.6 Å². The van der Waals surface area contributed by atoms with Crippen molar-refractivity contribution in [2.45, 2.75) is 18.2 Å². The predicted octanol–water partition coefficient (Wildman–Crippen LogP) is 3.42. The zero-order valence-electron chi connectivity index (χ0n) is 8.42. The van der Waals surface area contributed by atoms with Crippen molar-refractivity contribution >= 4 is 11.6 Å². The van der Waals surface area contributed by atoms with E-state index in [1.807, 2.05) is 0 Å². The van der Waals surface area contributed by atoms with Crippen molar-refractivity contribution in [2.75, 3.05) is 13.7 Å². The molecule has 0 saturated heterocycles. The summed E-state index contributed by atoms with van der Waals surface area (Å²) < 4.78 is 29.4. The maximum Gasteiger partial charge on any atom is 0.258 e. The van der Waals surface area contributed by atoms with E-state index in [9.17, 15) is 8.78 Å². The molecule has 1 atom stereocenters. The number of ether oxygens (including phenoxy) is 1. The molecule has 1 aromatic rings. The van der Waals surface area contributed by atoms with Crippen molar-refractivity contribution in [3.05, 3.63) is 35.4 Å². The van der Waals surface area contributed by atoms with Gasteiger partial charge in [0.25, 0.3) is 6.43 Å². The molecule has 15 heavy (non-hydrogen) atoms. The quantitative estimate of drug-likeness (QED) is 0.710. The second kappa shape index (κ2) is 6.03. The Morgan fingerprint density at radius 2 is 1.87 bits per heavy atom. The van der Waals surface area contributed by atoms with Gasteiger partial charge in [-0.05, 0) is 17.5 Å². The van der Waals surface area contributed by atoms with Gasteiger partial charge >= 0.3 is 0 Å². The molecule has 0 aromatic heterocycles. The van der Waals surface area contributed by atoms with Gasteiger partial charge in [-0.1, -0.05) is 24.3 Å². The van der Waals surface area contributed by atoms with E-state index in [0.717, 1.165) is 12.0 Å². The highest BCUT2D eigenvalue weighted by molar-refractivity contribution is 6.21. The Bertz CT molecular complexity index is 287. The van der Waals surface area contributed by atoms with Gasteiger partial charge in [0.15, 0.2) is 0 Å². The van der Waals surface area contributed by atoms with Crippen molar-refractivity contribution in [3.8, 4) is 0 Å². The Morgan fingerprint density at radius 1 is 1.27 bits per heavy atom. The van der Waals surface area contributed by atoms with Crippen LogP contribution < -0.4 is 0 Å². The first-order chi connectivity index (χ1) is 7.15. The predicted molar refractivity (Wildman–Crippen MR) is 56.6 cm³/mol. The molecule has 0 radical (unpaired) electrons. The van der Waals surface area contributed by atoms with E-state index < -0.39 is 11.8 Å². The largest absolute Gasteiger partial charge is 0.384 e. The number of alkyl halides is 3. The summed E-state index contributed by atoms with van der Waals surface area (Å²) in [5.41, 5.74) is 1.51. The van der Waals surface area contributed by atoms with Gasteiger partial charge in [0.2, 0.25) is 0 Å². The van der Waals surface area contributed by atoms with Crippen LogP contribution in [0.25, 0.3) is 0 Å². The van der Waals surface area contributed by atoms with Gasteiger partial charge < -0.3 is 4.74 Å². The summed E-state index contributed by atoms with van der Waals surface area (Å²) in [6, 6.07) is 6.86. The van der Waals surface area contributed by atoms with Crippen LogP contribution in [0.3, 0.4) is 0 Å². The number of hydrogen-bond acceptors (Lipinski definition) is 1. The lowest BCUT2D eigenvalue weighted by Crippen LogP contribution is -2.02. The van der Waals surface area contributed by atoms with Crippen molar-refractivity contribution in [3.63, 3.8) is 0 Å². The van der Waals surface area contributed by atoms with Crippen LogP contribution in [0.5, 0.6) is 0 Å². The molecule has 0 aliphatic rings. The minimum absolute atomic E-state index is 0.452. The van der Waals surface area contributed by atoms with Gasteiger partial charge in [0, 0.05) is 7.11 Å². The van der Waals surface area contributed by atoms with Gasteiger partial charge in [-0.3, -0.25) is 0 Å². The lowest BCUT2D eigenvalue weighted by Gasteiger charge is -2.09. The Kier molecular flexibility index (Phi) is 4.99. The maximum atomic E-state index is 12.3. The van der Waals surface area contributed by atoms with Gasteiger partial charge in [0.1, 0.15) is 5.38 Å². The highest BCUT2D eigenvalue weighted by atomic mass is 35.5. The summed E-state index contributed by atoms with van der Waals surface area (Å²) in [6.45, 7) is 0.624. The molecule has 84 valence electrons. The number of benzene rings is 1. The molecule has 1 aromatic carbocycles. The zero-order valence-corrected chi connectivity index (χ0v) is 9.18. The minimum Gasteiger partial charge on any atom is -0.384 e. The van der Waals surface area contributed by atoms with E-state index in [4.69, 9.17) is 16.3 Å². The Balaban J connectivity index is 2.63. The summed E-state index contributed by atoms with van der Waals surface area (Å²) in [4.78, 5) is 0. The molecule has 4 heteroatoms. The SMILES string of the molecule is COCCc1ccc(C(Cl)C(F)F)cc1. The summed E-state index contributed by atoms with van der Waals surface area (Å²) in [6.07, 6.45) is -1.75. The third-order valence-electron chi connectivity index (χ3n) is 2.11. The van der Waals surface area contributed by atoms with Gasteiger partial charge in [-0.2, -0.15) is 0 Å². The average molecular weight is 235 g/mol. The summed E-state index contributed by atoms with van der Waals surface area (Å²) >= 11 is 5.52. The fraction of sp³-hybridized carbons (Fsp3) is 0.455. The molecular formula is C11H13ClF2O. The lowest BCUT2D eigenvalue weighted by molar-refractivity contribution is 0.143. The first kappa shape index (κ1) is 12.4. The van der Waals surface area contributed by atoms with Crippen molar-refractivity contribution in [1.29, 1.82) is 0 Å². The normalized spacial score (nSPS) is 13.1. The van der Waals surface area contributed by atoms with Gasteiger partial charge in [0.05, 0.1) is 6.61 Å². The highest BCUT2D eigenvalue weighted by Crippen LogP contribution is 2.27. The first-order valence-corrected chi connectivity index (χ1v) is 5.08. The van der Waals surface area contributed by atoms with E-state index in [2.05, 4.69) is 0 Å². The van der Waals surface area contributed by atoms with E-state index in [-0.39, 0.29) is 0 Å². The number of methoxy groups -OCH3 is 1. The van der Waals surface area contributed by atoms with Crippen LogP contribution in [0.15, 0.2) is 24.3 Å². The molecule has 1 unspecified atom stereocenters. The number of hydrogen-bond donors (Lipinski definition) is 0. The third kappa shape index (κ3) is 3.76. The average Bonchev–Trinajstić information content (AvgIpc) is 2.26. The lowest BCUT2D eigenvalue weighted by atomic mass is 10.1. The minimum atomic E-state index is -2.53. The maximum absolute atomic E-state index is 12.3. The monoisotopic (exact) mass is 234 g/mol. The van der Waals surface area contributed by atoms with Crippen LogP contribution in [0.2, 0.25) is 0 Å². The van der Waals surface area contributed by atoms with Crippen molar-refractivity contribution in [2.24, 2.45) is 0 Å². The van der Waals surface area contributed by atoms with E-state index in [0.29, 0.717) is 12.2 Å². The van der Waals surface area contributed by atoms with Crippen LogP contribution in [0.1, 0.15) is 16.5 Å². The highest BCUT2D eigenvalue weighted by Gasteiger charge is 2.18. The van der Waals surface area contributed by atoms with Crippen LogP contribution in [0.4, 0.5) is 8.78 Å². The second-order valence-electron chi connectivity index (χ2n) is 3.22. The molecule has 0 bridgehead atoms. The molecular weight excluding hydrogens is 222 g/mol. The number of halogens is 3. The van der Waals surface area contributed by atoms with Crippen LogP contribution in [-0.2, 0) is 11.2 Å². The van der Waals surface area contributed by atoms with Crippen molar-refractivity contribution in [1.82, 2.24) is 0 Å². The molecule has 0 N–H and O–H groups in total. The Morgan fingerprint density at radius 3 is 2.33 bits per heavy atom. The standard InChI is InChI=1S/C11H13ClF2O/c1-15-7-6-8-2-4-9(5-3-8)10(12)11(13)14/h2-5,10-11H,6-7H2,1H3. The van der Waals surface area contributed by atoms with Gasteiger partial charge in [-0.15, -0.1) is 11.6 Å². The molecule has 0 fully saturated rings. The second-order valence-corrected chi connectivity index (χ2v) is 3.69. The van der Waals surface area contributed by atoms with Gasteiger partial charge in [-0.25, -0.2) is 8.78 Å². The molecule has 0 spiro atoms. The van der Waals surface area contributed by atoms with Crippen LogP contribution in [0, 0.1) is 0 Å². The summed E-state index contributed by atoms with van der Waals surface area (Å²) in [7, 11) is 1.62. The van der Waals surface area contributed by atoms with Crippen LogP contribution in [-0.4, -0.2) is 20.1 Å². The topological polar surface area (TPSA) is 9.23 Å². The number of rotatable bonds is 5. The molecule has 0 aliphatic heterocycles. The molecule has 1 rings (SSSR count). The zero-order chi connectivity index (χ0) is 11.3. The smallest absolute Gasteiger partial charge is 0.258 e. The van der Waals surface area contributed by atoms with E-state index in [1.54, 1.807) is 31.4 Å². The summed E-state index contributed by atoms with van der Waals surface area (Å²) in [5, 5.41) is -1.22. The van der Waals surface area contributed by atoms with Crippen molar-refractivity contribution < 1.29 is 13.5 Å². The molecule has 0 heterocycles. The molecule has 0 saturated carbocycles. The molecule has 0 amide bonds. The third-order valence-corrected chi connectivity index (χ3v) is 2.56. The fourth-order valence-electron chi connectivity index (χ4n) is 1.23. The van der Waals surface area contributed by atoms with E-state index in [1.165, 1.54) is 0 Å². The fourth-order valence-corrected chi connectivity index (χ4v) is 1.38. The first-order valence-electron chi connectivity index (χ1n) is 4.65. The Hall–Kier alpha value is -0.670.